The first kappa shape index (κ1) is 22.8. The number of benzene rings is 1. The summed E-state index contributed by atoms with van der Waals surface area (Å²) in [4.78, 5) is 36.5. The highest BCUT2D eigenvalue weighted by Gasteiger charge is 2.27. The maximum Gasteiger partial charge on any atom is 0.261 e. The summed E-state index contributed by atoms with van der Waals surface area (Å²) in [5, 5.41) is 3.88. The first-order valence-electron chi connectivity index (χ1n) is 11.1. The van der Waals surface area contributed by atoms with Gasteiger partial charge < -0.3 is 5.32 Å². The van der Waals surface area contributed by atoms with E-state index in [0.717, 1.165) is 23.5 Å². The monoisotopic (exact) mass is 470 g/mol. The molecule has 0 bridgehead atoms. The molecule has 8 heteroatoms. The lowest BCUT2D eigenvalue weighted by atomic mass is 9.84. The van der Waals surface area contributed by atoms with Crippen LogP contribution >= 0.6 is 23.4 Å². The highest BCUT2D eigenvalue weighted by atomic mass is 35.5. The molecule has 1 amide bonds. The average Bonchev–Trinajstić information content (AvgIpc) is 2.80. The summed E-state index contributed by atoms with van der Waals surface area (Å²) in [6.07, 6.45) is 9.35. The predicted octanol–water partition coefficient (Wildman–Crippen LogP) is 5.71. The number of thioether (sulfide) groups is 1. The fourth-order valence-corrected chi connectivity index (χ4v) is 5.14. The lowest BCUT2D eigenvalue weighted by Crippen LogP contribution is -2.35. The molecular formula is C24H27ClN4O2S. The van der Waals surface area contributed by atoms with Crippen LogP contribution < -0.4 is 10.9 Å². The van der Waals surface area contributed by atoms with Crippen LogP contribution in [0, 0.1) is 5.92 Å². The van der Waals surface area contributed by atoms with Gasteiger partial charge in [-0.05, 0) is 48.4 Å². The molecule has 0 aliphatic heterocycles. The molecule has 0 saturated heterocycles. The second-order valence-electron chi connectivity index (χ2n) is 8.18. The number of hydrogen-bond acceptors (Lipinski definition) is 5. The largest absolute Gasteiger partial charge is 0.309 e. The fraction of sp³-hybridized carbons (Fsp3) is 0.417. The SMILES string of the molecule is CCSc1ccc2c(=O)n(C(CC3CCCCC3)C(=O)Nc3ccc(Cl)cn3)cnc2c1. The molecule has 6 nitrogen and oxygen atoms in total. The molecule has 1 aliphatic carbocycles. The van der Waals surface area contributed by atoms with Gasteiger partial charge in [-0.1, -0.05) is 50.6 Å². The smallest absolute Gasteiger partial charge is 0.261 e. The molecule has 2 heterocycles. The third kappa shape index (κ3) is 5.33. The van der Waals surface area contributed by atoms with Gasteiger partial charge in [-0.2, -0.15) is 0 Å². The van der Waals surface area contributed by atoms with Gasteiger partial charge in [0.2, 0.25) is 5.91 Å². The standard InChI is InChI=1S/C24H27ClN4O2S/c1-2-32-18-9-10-19-20(13-18)27-15-29(24(19)31)21(12-16-6-4-3-5-7-16)23(30)28-22-11-8-17(25)14-26-22/h8-11,13-16,21H,2-7,12H2,1H3,(H,26,28,30). The number of fused-ring (bicyclic) bond motifs is 1. The van der Waals surface area contributed by atoms with E-state index in [0.29, 0.717) is 34.1 Å². The van der Waals surface area contributed by atoms with E-state index in [1.165, 1.54) is 36.4 Å². The van der Waals surface area contributed by atoms with Gasteiger partial charge in [-0.3, -0.25) is 14.2 Å². The van der Waals surface area contributed by atoms with Crippen molar-refractivity contribution in [2.75, 3.05) is 11.1 Å². The van der Waals surface area contributed by atoms with E-state index in [-0.39, 0.29) is 11.5 Å². The van der Waals surface area contributed by atoms with Crippen molar-refractivity contribution in [3.8, 4) is 0 Å². The predicted molar refractivity (Wildman–Crippen MR) is 131 cm³/mol. The number of pyridine rings is 1. The topological polar surface area (TPSA) is 76.9 Å². The Balaban J connectivity index is 1.67. The Labute approximate surface area is 196 Å². The van der Waals surface area contributed by atoms with Crippen LogP contribution in [-0.2, 0) is 4.79 Å². The normalized spacial score (nSPS) is 15.6. The zero-order valence-corrected chi connectivity index (χ0v) is 19.7. The number of halogens is 1. The molecule has 0 spiro atoms. The van der Waals surface area contributed by atoms with Crippen LogP contribution in [0.3, 0.4) is 0 Å². The number of carbonyl (C=O) groups is 1. The Hall–Kier alpha value is -2.38. The molecule has 1 saturated carbocycles. The first-order chi connectivity index (χ1) is 15.5. The second-order valence-corrected chi connectivity index (χ2v) is 9.95. The third-order valence-electron chi connectivity index (χ3n) is 5.96. The summed E-state index contributed by atoms with van der Waals surface area (Å²) in [5.74, 6) is 1.51. The van der Waals surface area contributed by atoms with Crippen LogP contribution in [0.15, 0.2) is 52.5 Å². The minimum atomic E-state index is -0.648. The minimum Gasteiger partial charge on any atom is -0.309 e. The van der Waals surface area contributed by atoms with E-state index >= 15 is 0 Å². The number of carbonyl (C=O) groups excluding carboxylic acids is 1. The van der Waals surface area contributed by atoms with Crippen molar-refractivity contribution in [3.05, 3.63) is 58.2 Å². The lowest BCUT2D eigenvalue weighted by Gasteiger charge is -2.27. The van der Waals surface area contributed by atoms with E-state index in [4.69, 9.17) is 11.6 Å². The van der Waals surface area contributed by atoms with Gasteiger partial charge >= 0.3 is 0 Å². The molecule has 4 rings (SSSR count). The van der Waals surface area contributed by atoms with Crippen molar-refractivity contribution in [1.82, 2.24) is 14.5 Å². The number of amides is 1. The molecule has 1 unspecified atom stereocenters. The average molecular weight is 471 g/mol. The Morgan fingerprint density at radius 3 is 2.75 bits per heavy atom. The lowest BCUT2D eigenvalue weighted by molar-refractivity contribution is -0.120. The fourth-order valence-electron chi connectivity index (χ4n) is 4.34. The van der Waals surface area contributed by atoms with Gasteiger partial charge in [0, 0.05) is 11.1 Å². The van der Waals surface area contributed by atoms with Gasteiger partial charge in [-0.15, -0.1) is 11.8 Å². The number of anilines is 1. The van der Waals surface area contributed by atoms with Gasteiger partial charge in [0.05, 0.1) is 22.3 Å². The van der Waals surface area contributed by atoms with E-state index < -0.39 is 6.04 Å². The van der Waals surface area contributed by atoms with E-state index in [2.05, 4.69) is 22.2 Å². The Morgan fingerprint density at radius 2 is 2.03 bits per heavy atom. The Kier molecular flexibility index (Phi) is 7.48. The molecule has 1 aliphatic rings. The zero-order chi connectivity index (χ0) is 22.5. The van der Waals surface area contributed by atoms with Crippen molar-refractivity contribution in [1.29, 1.82) is 0 Å². The highest BCUT2D eigenvalue weighted by Crippen LogP contribution is 2.31. The van der Waals surface area contributed by atoms with E-state index in [1.54, 1.807) is 23.9 Å². The van der Waals surface area contributed by atoms with Gasteiger partial charge in [0.1, 0.15) is 11.9 Å². The molecule has 32 heavy (non-hydrogen) atoms. The van der Waals surface area contributed by atoms with Crippen LogP contribution in [0.5, 0.6) is 0 Å². The highest BCUT2D eigenvalue weighted by molar-refractivity contribution is 7.99. The summed E-state index contributed by atoms with van der Waals surface area (Å²) in [6, 6.07) is 8.38. The van der Waals surface area contributed by atoms with Gasteiger partial charge in [0.25, 0.3) is 5.56 Å². The van der Waals surface area contributed by atoms with Crippen LogP contribution in [0.1, 0.15) is 51.5 Å². The molecule has 1 atom stereocenters. The number of nitrogens with zero attached hydrogens (tertiary/aromatic N) is 3. The van der Waals surface area contributed by atoms with Crippen molar-refractivity contribution in [3.63, 3.8) is 0 Å². The van der Waals surface area contributed by atoms with Gasteiger partial charge in [0.15, 0.2) is 0 Å². The Bertz CT molecular complexity index is 1140. The zero-order valence-electron chi connectivity index (χ0n) is 18.1. The summed E-state index contributed by atoms with van der Waals surface area (Å²) in [6.45, 7) is 2.09. The molecule has 0 radical (unpaired) electrons. The summed E-state index contributed by atoms with van der Waals surface area (Å²) in [7, 11) is 0. The van der Waals surface area contributed by atoms with Gasteiger partial charge in [-0.25, -0.2) is 9.97 Å². The number of rotatable bonds is 7. The van der Waals surface area contributed by atoms with Crippen molar-refractivity contribution < 1.29 is 4.79 Å². The molecule has 168 valence electrons. The second kappa shape index (κ2) is 10.5. The summed E-state index contributed by atoms with van der Waals surface area (Å²) in [5.41, 5.74) is 0.462. The molecule has 2 aromatic heterocycles. The quantitative estimate of drug-likeness (QED) is 0.447. The van der Waals surface area contributed by atoms with Crippen molar-refractivity contribution >= 4 is 46.0 Å². The van der Waals surface area contributed by atoms with E-state index in [1.807, 2.05) is 18.2 Å². The van der Waals surface area contributed by atoms with E-state index in [9.17, 15) is 9.59 Å². The summed E-state index contributed by atoms with van der Waals surface area (Å²) >= 11 is 7.62. The molecular weight excluding hydrogens is 444 g/mol. The molecule has 3 aromatic rings. The van der Waals surface area contributed by atoms with Crippen LogP contribution in [0.2, 0.25) is 5.02 Å². The molecule has 1 N–H and O–H groups in total. The number of nitrogens with one attached hydrogen (secondary N) is 1. The maximum absolute atomic E-state index is 13.4. The molecule has 1 aromatic carbocycles. The number of hydrogen-bond donors (Lipinski definition) is 1. The summed E-state index contributed by atoms with van der Waals surface area (Å²) < 4.78 is 1.49. The van der Waals surface area contributed by atoms with Crippen LogP contribution in [0.25, 0.3) is 10.9 Å². The Morgan fingerprint density at radius 1 is 1.22 bits per heavy atom. The van der Waals surface area contributed by atoms with Crippen LogP contribution in [-0.4, -0.2) is 26.2 Å². The van der Waals surface area contributed by atoms with Crippen molar-refractivity contribution in [2.45, 2.75) is 56.4 Å². The first-order valence-corrected chi connectivity index (χ1v) is 12.5. The maximum atomic E-state index is 13.4. The third-order valence-corrected chi connectivity index (χ3v) is 7.06. The van der Waals surface area contributed by atoms with Crippen LogP contribution in [0.4, 0.5) is 5.82 Å². The molecule has 1 fully saturated rings. The number of aromatic nitrogens is 3. The van der Waals surface area contributed by atoms with Crippen molar-refractivity contribution in [2.24, 2.45) is 5.92 Å². The minimum absolute atomic E-state index is 0.192.